The van der Waals surface area contributed by atoms with Crippen molar-refractivity contribution < 1.29 is 4.79 Å². The van der Waals surface area contributed by atoms with E-state index in [0.717, 1.165) is 24.7 Å². The number of halogens is 2. The average molecular weight is 318 g/mol. The zero-order chi connectivity index (χ0) is 12.3. The Hall–Kier alpha value is -0.610. The Morgan fingerprint density at radius 1 is 1.53 bits per heavy atom. The number of nitrogens with zero attached hydrogens (tertiary/aromatic N) is 2. The molecule has 1 amide bonds. The maximum atomic E-state index is 12.3. The van der Waals surface area contributed by atoms with Crippen molar-refractivity contribution in [3.8, 4) is 0 Å². The second-order valence-electron chi connectivity index (χ2n) is 4.13. The second kappa shape index (κ2) is 5.83. The number of alkyl halides is 1. The Bertz CT molecular complexity index is 392. The van der Waals surface area contributed by atoms with Gasteiger partial charge >= 0.3 is 0 Å². The molecule has 1 fully saturated rings. The maximum absolute atomic E-state index is 12.3. The average Bonchev–Trinajstić information content (AvgIpc) is 2.26. The monoisotopic (exact) mass is 316 g/mol. The van der Waals surface area contributed by atoms with Gasteiger partial charge in [0.2, 0.25) is 0 Å². The predicted octanol–water partition coefficient (Wildman–Crippen LogP) is 3.12. The van der Waals surface area contributed by atoms with Gasteiger partial charge < -0.3 is 4.90 Å². The highest BCUT2D eigenvalue weighted by Crippen LogP contribution is 2.26. The summed E-state index contributed by atoms with van der Waals surface area (Å²) in [6.45, 7) is 0.730. The van der Waals surface area contributed by atoms with Crippen LogP contribution in [0.2, 0.25) is 5.02 Å². The summed E-state index contributed by atoms with van der Waals surface area (Å²) in [5.41, 5.74) is 0.474. The Kier molecular flexibility index (Phi) is 4.40. The summed E-state index contributed by atoms with van der Waals surface area (Å²) in [6.07, 6.45) is 4.94. The van der Waals surface area contributed by atoms with E-state index in [-0.39, 0.29) is 5.91 Å². The third kappa shape index (κ3) is 2.99. The molecule has 1 aliphatic rings. The van der Waals surface area contributed by atoms with Gasteiger partial charge in [0.05, 0.1) is 5.02 Å². The van der Waals surface area contributed by atoms with Crippen LogP contribution in [0.15, 0.2) is 18.3 Å². The van der Waals surface area contributed by atoms with E-state index in [1.807, 2.05) is 4.90 Å². The lowest BCUT2D eigenvalue weighted by atomic mass is 9.91. The summed E-state index contributed by atoms with van der Waals surface area (Å²) < 4.78 is 0. The number of pyridine rings is 1. The van der Waals surface area contributed by atoms with Crippen molar-refractivity contribution in [1.82, 2.24) is 9.88 Å². The fraction of sp³-hybridized carbons (Fsp3) is 0.500. The van der Waals surface area contributed by atoms with Gasteiger partial charge in [0, 0.05) is 24.1 Å². The molecule has 5 heteroatoms. The van der Waals surface area contributed by atoms with Crippen LogP contribution in [0.4, 0.5) is 0 Å². The fourth-order valence-corrected chi connectivity index (χ4v) is 2.38. The summed E-state index contributed by atoms with van der Waals surface area (Å²) in [5.74, 6) is 0.00539. The van der Waals surface area contributed by atoms with Gasteiger partial charge in [-0.25, -0.2) is 4.98 Å². The predicted molar refractivity (Wildman–Crippen MR) is 71.7 cm³/mol. The molecule has 0 saturated heterocycles. The molecule has 3 nitrogen and oxygen atoms in total. The lowest BCUT2D eigenvalue weighted by Gasteiger charge is -2.37. The van der Waals surface area contributed by atoms with Crippen LogP contribution in [0.3, 0.4) is 0 Å². The third-order valence-electron chi connectivity index (χ3n) is 3.05. The SMILES string of the molecule is O=C(c1ccc(Cl)cn1)N(CCBr)C1CCC1. The minimum atomic E-state index is 0.00539. The zero-order valence-corrected chi connectivity index (χ0v) is 11.7. The van der Waals surface area contributed by atoms with Gasteiger partial charge in [0.25, 0.3) is 5.91 Å². The standard InChI is InChI=1S/C12H14BrClN2O/c13-6-7-16(10-2-1-3-10)12(17)11-5-4-9(14)8-15-11/h4-5,8,10H,1-3,6-7H2. The van der Waals surface area contributed by atoms with E-state index >= 15 is 0 Å². The van der Waals surface area contributed by atoms with E-state index in [1.54, 1.807) is 12.1 Å². The highest BCUT2D eigenvalue weighted by Gasteiger charge is 2.29. The Balaban J connectivity index is 2.12. The van der Waals surface area contributed by atoms with Crippen LogP contribution in [-0.2, 0) is 0 Å². The summed E-state index contributed by atoms with van der Waals surface area (Å²) in [6, 6.07) is 3.77. The smallest absolute Gasteiger partial charge is 0.272 e. The lowest BCUT2D eigenvalue weighted by Crippen LogP contribution is -2.45. The number of hydrogen-bond donors (Lipinski definition) is 0. The van der Waals surface area contributed by atoms with Crippen molar-refractivity contribution >= 4 is 33.4 Å². The van der Waals surface area contributed by atoms with Crippen molar-refractivity contribution in [3.63, 3.8) is 0 Å². The molecule has 0 aliphatic heterocycles. The van der Waals surface area contributed by atoms with Crippen LogP contribution in [0, 0.1) is 0 Å². The first kappa shape index (κ1) is 12.8. The van der Waals surface area contributed by atoms with Crippen LogP contribution >= 0.6 is 27.5 Å². The Morgan fingerprint density at radius 2 is 2.29 bits per heavy atom. The lowest BCUT2D eigenvalue weighted by molar-refractivity contribution is 0.0593. The van der Waals surface area contributed by atoms with E-state index < -0.39 is 0 Å². The Labute approximate surface area is 114 Å². The number of carbonyl (C=O) groups is 1. The largest absolute Gasteiger partial charge is 0.333 e. The molecule has 0 N–H and O–H groups in total. The molecular weight excluding hydrogens is 304 g/mol. The van der Waals surface area contributed by atoms with Crippen molar-refractivity contribution in [2.75, 3.05) is 11.9 Å². The number of hydrogen-bond acceptors (Lipinski definition) is 2. The van der Waals surface area contributed by atoms with Crippen molar-refractivity contribution in [1.29, 1.82) is 0 Å². The molecular formula is C12H14BrClN2O. The van der Waals surface area contributed by atoms with Crippen molar-refractivity contribution in [3.05, 3.63) is 29.0 Å². The van der Waals surface area contributed by atoms with Gasteiger partial charge in [-0.3, -0.25) is 4.79 Å². The molecule has 1 heterocycles. The van der Waals surface area contributed by atoms with Crippen molar-refractivity contribution in [2.24, 2.45) is 0 Å². The third-order valence-corrected chi connectivity index (χ3v) is 3.63. The second-order valence-corrected chi connectivity index (χ2v) is 5.36. The zero-order valence-electron chi connectivity index (χ0n) is 9.40. The number of aromatic nitrogens is 1. The van der Waals surface area contributed by atoms with Crippen LogP contribution in [0.5, 0.6) is 0 Å². The van der Waals surface area contributed by atoms with E-state index in [0.29, 0.717) is 16.8 Å². The quantitative estimate of drug-likeness (QED) is 0.799. The molecule has 1 aromatic heterocycles. The summed E-state index contributed by atoms with van der Waals surface area (Å²) in [4.78, 5) is 18.3. The normalized spacial score (nSPS) is 15.4. The van der Waals surface area contributed by atoms with Crippen molar-refractivity contribution in [2.45, 2.75) is 25.3 Å². The van der Waals surface area contributed by atoms with Gasteiger partial charge in [-0.15, -0.1) is 0 Å². The first-order valence-corrected chi connectivity index (χ1v) is 7.21. The van der Waals surface area contributed by atoms with Gasteiger partial charge in [-0.05, 0) is 31.4 Å². The van der Waals surface area contributed by atoms with E-state index in [1.165, 1.54) is 12.6 Å². The molecule has 1 aromatic rings. The minimum absolute atomic E-state index is 0.00539. The number of rotatable bonds is 4. The van der Waals surface area contributed by atoms with Gasteiger partial charge in [0.1, 0.15) is 5.69 Å². The summed E-state index contributed by atoms with van der Waals surface area (Å²) in [5, 5.41) is 1.35. The fourth-order valence-electron chi connectivity index (χ4n) is 1.89. The molecule has 2 rings (SSSR count). The molecule has 1 aliphatic carbocycles. The number of amides is 1. The molecule has 0 spiro atoms. The van der Waals surface area contributed by atoms with E-state index in [9.17, 15) is 4.79 Å². The minimum Gasteiger partial charge on any atom is -0.333 e. The first-order valence-electron chi connectivity index (χ1n) is 5.71. The summed E-state index contributed by atoms with van der Waals surface area (Å²) in [7, 11) is 0. The highest BCUT2D eigenvalue weighted by atomic mass is 79.9. The highest BCUT2D eigenvalue weighted by molar-refractivity contribution is 9.09. The number of carbonyl (C=O) groups excluding carboxylic acids is 1. The topological polar surface area (TPSA) is 33.2 Å². The van der Waals surface area contributed by atoms with Gasteiger partial charge in [-0.1, -0.05) is 27.5 Å². The van der Waals surface area contributed by atoms with Gasteiger partial charge in [-0.2, -0.15) is 0 Å². The molecule has 0 atom stereocenters. The van der Waals surface area contributed by atoms with Crippen LogP contribution in [0.25, 0.3) is 0 Å². The molecule has 0 radical (unpaired) electrons. The molecule has 0 aromatic carbocycles. The van der Waals surface area contributed by atoms with E-state index in [4.69, 9.17) is 11.6 Å². The molecule has 1 saturated carbocycles. The van der Waals surface area contributed by atoms with E-state index in [2.05, 4.69) is 20.9 Å². The van der Waals surface area contributed by atoms with Crippen LogP contribution < -0.4 is 0 Å². The van der Waals surface area contributed by atoms with Crippen LogP contribution in [0.1, 0.15) is 29.8 Å². The Morgan fingerprint density at radius 3 is 2.76 bits per heavy atom. The molecule has 0 unspecified atom stereocenters. The molecule has 92 valence electrons. The first-order chi connectivity index (χ1) is 8.22. The summed E-state index contributed by atoms with van der Waals surface area (Å²) >= 11 is 9.15. The van der Waals surface area contributed by atoms with Gasteiger partial charge in [0.15, 0.2) is 0 Å². The maximum Gasteiger partial charge on any atom is 0.272 e. The molecule has 0 bridgehead atoms. The van der Waals surface area contributed by atoms with Crippen LogP contribution in [-0.4, -0.2) is 33.7 Å². The molecule has 17 heavy (non-hydrogen) atoms.